The van der Waals surface area contributed by atoms with E-state index >= 15 is 0 Å². The molecule has 1 spiro atoms. The first-order valence-corrected chi connectivity index (χ1v) is 9.37. The normalized spacial score (nSPS) is 22.5. The molecule has 2 aromatic rings. The zero-order valence-electron chi connectivity index (χ0n) is 15.2. The van der Waals surface area contributed by atoms with Gasteiger partial charge in [-0.2, -0.15) is 0 Å². The molecule has 2 heterocycles. The minimum atomic E-state index is -0.540. The lowest BCUT2D eigenvalue weighted by Crippen LogP contribution is -2.38. The maximum Gasteiger partial charge on any atom is 0.274 e. The van der Waals surface area contributed by atoms with E-state index in [1.165, 1.54) is 0 Å². The van der Waals surface area contributed by atoms with Gasteiger partial charge in [-0.25, -0.2) is 5.48 Å². The second kappa shape index (κ2) is 6.24. The summed E-state index contributed by atoms with van der Waals surface area (Å²) in [6, 6.07) is 11.0. The molecule has 0 bridgehead atoms. The van der Waals surface area contributed by atoms with E-state index in [2.05, 4.69) is 0 Å². The van der Waals surface area contributed by atoms with Crippen molar-refractivity contribution in [2.24, 2.45) is 5.41 Å². The number of benzene rings is 2. The highest BCUT2D eigenvalue weighted by atomic mass is 16.7. The predicted octanol–water partition coefficient (Wildman–Crippen LogP) is 2.45. The molecule has 144 valence electrons. The van der Waals surface area contributed by atoms with Crippen LogP contribution in [0.2, 0.25) is 0 Å². The molecule has 7 heteroatoms. The fourth-order valence-corrected chi connectivity index (χ4v) is 4.58. The number of hydroxylamine groups is 1. The third-order valence-electron chi connectivity index (χ3n) is 6.15. The van der Waals surface area contributed by atoms with Crippen LogP contribution in [0.25, 0.3) is 0 Å². The molecule has 1 fully saturated rings. The number of carbonyl (C=O) groups excluding carboxylic acids is 2. The summed E-state index contributed by atoms with van der Waals surface area (Å²) in [5.74, 6) is 0.947. The van der Waals surface area contributed by atoms with Crippen molar-refractivity contribution in [3.8, 4) is 11.5 Å². The molecule has 1 atom stereocenters. The van der Waals surface area contributed by atoms with Gasteiger partial charge in [-0.3, -0.25) is 14.8 Å². The number of nitrogens with zero attached hydrogens (tertiary/aromatic N) is 1. The van der Waals surface area contributed by atoms with Crippen molar-refractivity contribution in [1.29, 1.82) is 0 Å². The van der Waals surface area contributed by atoms with Crippen LogP contribution in [0, 0.1) is 5.41 Å². The second-order valence-electron chi connectivity index (χ2n) is 7.63. The van der Waals surface area contributed by atoms with Gasteiger partial charge in [-0.1, -0.05) is 6.07 Å². The van der Waals surface area contributed by atoms with Crippen LogP contribution in [0.4, 0.5) is 5.69 Å². The Bertz CT molecular complexity index is 989. The van der Waals surface area contributed by atoms with Crippen molar-refractivity contribution in [1.82, 2.24) is 5.48 Å². The summed E-state index contributed by atoms with van der Waals surface area (Å²) in [5, 5.41) is 8.89. The van der Waals surface area contributed by atoms with Gasteiger partial charge in [0.2, 0.25) is 12.7 Å². The van der Waals surface area contributed by atoms with Gasteiger partial charge in [-0.15, -0.1) is 0 Å². The van der Waals surface area contributed by atoms with Crippen molar-refractivity contribution in [2.75, 3.05) is 18.2 Å². The molecule has 5 rings (SSSR count). The highest BCUT2D eigenvalue weighted by Gasteiger charge is 2.48. The summed E-state index contributed by atoms with van der Waals surface area (Å²) in [5.41, 5.74) is 4.62. The SMILES string of the molecule is O=C(NO)c1ccc2c(c1)C[C@@]1(CC2)CCN(c2ccc3c(c2)OCO3)C1=O. The standard InChI is InChI=1S/C21H20N2O5/c24-19(22-26)14-2-1-13-5-6-21(11-15(13)9-14)7-8-23(20(21)25)16-3-4-17-18(10-16)28-12-27-17/h1-4,9-10,26H,5-8,11-12H2,(H,22,24)/t21-/m1/s1. The quantitative estimate of drug-likeness (QED) is 0.617. The minimum absolute atomic E-state index is 0.119. The fourth-order valence-electron chi connectivity index (χ4n) is 4.58. The summed E-state index contributed by atoms with van der Waals surface area (Å²) in [7, 11) is 0. The first kappa shape index (κ1) is 17.1. The Morgan fingerprint density at radius 3 is 2.79 bits per heavy atom. The summed E-state index contributed by atoms with van der Waals surface area (Å²) in [4.78, 5) is 27.0. The van der Waals surface area contributed by atoms with Crippen molar-refractivity contribution in [2.45, 2.75) is 25.7 Å². The lowest BCUT2D eigenvalue weighted by Gasteiger charge is -2.33. The van der Waals surface area contributed by atoms with E-state index in [1.807, 2.05) is 29.2 Å². The van der Waals surface area contributed by atoms with Gasteiger partial charge < -0.3 is 14.4 Å². The zero-order valence-corrected chi connectivity index (χ0v) is 15.2. The molecule has 2 N–H and O–H groups in total. The monoisotopic (exact) mass is 380 g/mol. The Balaban J connectivity index is 1.43. The van der Waals surface area contributed by atoms with Crippen LogP contribution in [-0.4, -0.2) is 30.4 Å². The number of anilines is 1. The van der Waals surface area contributed by atoms with Gasteiger partial charge in [-0.05, 0) is 61.1 Å². The number of nitrogens with one attached hydrogen (secondary N) is 1. The lowest BCUT2D eigenvalue weighted by atomic mass is 9.70. The molecule has 1 saturated heterocycles. The van der Waals surface area contributed by atoms with Gasteiger partial charge in [0.25, 0.3) is 5.91 Å². The molecule has 1 aliphatic carbocycles. The van der Waals surface area contributed by atoms with E-state index < -0.39 is 11.3 Å². The summed E-state index contributed by atoms with van der Waals surface area (Å²) in [6.07, 6.45) is 2.98. The van der Waals surface area contributed by atoms with Gasteiger partial charge in [0, 0.05) is 23.9 Å². The van der Waals surface area contributed by atoms with Crippen molar-refractivity contribution < 1.29 is 24.3 Å². The molecule has 0 radical (unpaired) electrons. The Morgan fingerprint density at radius 2 is 1.93 bits per heavy atom. The topological polar surface area (TPSA) is 88.1 Å². The van der Waals surface area contributed by atoms with Crippen molar-refractivity contribution in [3.05, 3.63) is 53.1 Å². The van der Waals surface area contributed by atoms with Gasteiger partial charge in [0.1, 0.15) is 0 Å². The largest absolute Gasteiger partial charge is 0.454 e. The fraction of sp³-hybridized carbons (Fsp3) is 0.333. The molecule has 2 aromatic carbocycles. The molecule has 0 saturated carbocycles. The van der Waals surface area contributed by atoms with Crippen LogP contribution in [0.15, 0.2) is 36.4 Å². The third-order valence-corrected chi connectivity index (χ3v) is 6.15. The summed E-state index contributed by atoms with van der Waals surface area (Å²) in [6.45, 7) is 0.863. The third kappa shape index (κ3) is 2.54. The maximum absolute atomic E-state index is 13.4. The molecule has 28 heavy (non-hydrogen) atoms. The Labute approximate surface area is 161 Å². The average Bonchev–Trinajstić information content (AvgIpc) is 3.31. The van der Waals surface area contributed by atoms with Crippen LogP contribution >= 0.6 is 0 Å². The maximum atomic E-state index is 13.4. The lowest BCUT2D eigenvalue weighted by molar-refractivity contribution is -0.126. The number of hydrogen-bond donors (Lipinski definition) is 2. The molecular weight excluding hydrogens is 360 g/mol. The number of ether oxygens (including phenoxy) is 2. The molecule has 0 unspecified atom stereocenters. The molecule has 2 aliphatic heterocycles. The Kier molecular flexibility index (Phi) is 3.80. The highest BCUT2D eigenvalue weighted by Crippen LogP contribution is 2.46. The molecule has 0 aromatic heterocycles. The van der Waals surface area contributed by atoms with Crippen LogP contribution in [0.3, 0.4) is 0 Å². The van der Waals surface area contributed by atoms with E-state index in [-0.39, 0.29) is 12.7 Å². The van der Waals surface area contributed by atoms with Gasteiger partial charge >= 0.3 is 0 Å². The number of rotatable bonds is 2. The first-order chi connectivity index (χ1) is 13.6. The van der Waals surface area contributed by atoms with Crippen LogP contribution in [0.5, 0.6) is 11.5 Å². The smallest absolute Gasteiger partial charge is 0.274 e. The van der Waals surface area contributed by atoms with Crippen molar-refractivity contribution >= 4 is 17.5 Å². The molecule has 7 nitrogen and oxygen atoms in total. The second-order valence-corrected chi connectivity index (χ2v) is 7.63. The minimum Gasteiger partial charge on any atom is -0.454 e. The van der Waals surface area contributed by atoms with Gasteiger partial charge in [0.15, 0.2) is 11.5 Å². The summed E-state index contributed by atoms with van der Waals surface area (Å²) < 4.78 is 10.8. The number of fused-ring (bicyclic) bond motifs is 2. The number of amides is 2. The zero-order chi connectivity index (χ0) is 19.3. The Hall–Kier alpha value is -3.06. The van der Waals surface area contributed by atoms with E-state index in [0.717, 1.165) is 36.1 Å². The number of carbonyl (C=O) groups is 2. The number of aryl methyl sites for hydroxylation is 1. The van der Waals surface area contributed by atoms with Crippen LogP contribution in [0.1, 0.15) is 34.3 Å². The highest BCUT2D eigenvalue weighted by molar-refractivity contribution is 6.00. The van der Waals surface area contributed by atoms with E-state index in [1.54, 1.807) is 17.6 Å². The number of hydrogen-bond acceptors (Lipinski definition) is 5. The molecular formula is C21H20N2O5. The van der Waals surface area contributed by atoms with Gasteiger partial charge in [0.05, 0.1) is 5.41 Å². The van der Waals surface area contributed by atoms with E-state index in [4.69, 9.17) is 14.7 Å². The average molecular weight is 380 g/mol. The van der Waals surface area contributed by atoms with Crippen molar-refractivity contribution in [3.63, 3.8) is 0 Å². The molecule has 2 amide bonds. The molecule has 3 aliphatic rings. The predicted molar refractivity (Wildman–Crippen MR) is 99.7 cm³/mol. The van der Waals surface area contributed by atoms with Crippen LogP contribution in [-0.2, 0) is 17.6 Å². The van der Waals surface area contributed by atoms with E-state index in [9.17, 15) is 9.59 Å². The van der Waals surface area contributed by atoms with Crippen LogP contribution < -0.4 is 19.9 Å². The van der Waals surface area contributed by atoms with E-state index in [0.29, 0.717) is 30.0 Å². The summed E-state index contributed by atoms with van der Waals surface area (Å²) >= 11 is 0. The first-order valence-electron chi connectivity index (χ1n) is 9.37. The Morgan fingerprint density at radius 1 is 1.07 bits per heavy atom.